The zero-order valence-electron chi connectivity index (χ0n) is 15.8. The summed E-state index contributed by atoms with van der Waals surface area (Å²) in [6.45, 7) is 6.83. The molecule has 0 bridgehead atoms. The average molecular weight is 387 g/mol. The van der Waals surface area contributed by atoms with E-state index in [0.717, 1.165) is 15.8 Å². The summed E-state index contributed by atoms with van der Waals surface area (Å²) in [6, 6.07) is 6.03. The topological polar surface area (TPSA) is 53.7 Å². The lowest BCUT2D eigenvalue weighted by Crippen LogP contribution is -2.40. The Kier molecular flexibility index (Phi) is 4.18. The van der Waals surface area contributed by atoms with Crippen LogP contribution < -0.4 is 9.80 Å². The van der Waals surface area contributed by atoms with E-state index in [-0.39, 0.29) is 23.2 Å². The van der Waals surface area contributed by atoms with Gasteiger partial charge in [0, 0.05) is 19.0 Å². The van der Waals surface area contributed by atoms with Crippen molar-refractivity contribution in [3.8, 4) is 0 Å². The van der Waals surface area contributed by atoms with E-state index in [1.807, 2.05) is 18.1 Å². The van der Waals surface area contributed by atoms with Gasteiger partial charge >= 0.3 is 0 Å². The molecule has 1 fully saturated rings. The smallest absolute Gasteiger partial charge is 0.249 e. The molecule has 1 amide bonds. The molecule has 2 aromatic heterocycles. The molecule has 3 aromatic rings. The number of aromatic nitrogens is 3. The van der Waals surface area contributed by atoms with Gasteiger partial charge < -0.3 is 9.80 Å². The van der Waals surface area contributed by atoms with Gasteiger partial charge in [-0.25, -0.2) is 13.9 Å². The number of imidazole rings is 1. The van der Waals surface area contributed by atoms with Gasteiger partial charge in [-0.3, -0.25) is 4.79 Å². The lowest BCUT2D eigenvalue weighted by Gasteiger charge is -2.23. The SMILES string of the molecule is CN(c1nn2cc(C(C)(C)C)nc2s1)C1CCN(c2ccccc2F)C1=O. The third kappa shape index (κ3) is 3.07. The van der Waals surface area contributed by atoms with Gasteiger partial charge in [0.05, 0.1) is 17.6 Å². The Balaban J connectivity index is 1.57. The highest BCUT2D eigenvalue weighted by Gasteiger charge is 2.37. The number of benzene rings is 1. The minimum Gasteiger partial charge on any atom is -0.338 e. The van der Waals surface area contributed by atoms with Crippen LogP contribution in [0.1, 0.15) is 32.9 Å². The van der Waals surface area contributed by atoms with Crippen LogP contribution in [0.3, 0.4) is 0 Å². The van der Waals surface area contributed by atoms with Crippen LogP contribution in [0.5, 0.6) is 0 Å². The molecule has 1 aliphatic rings. The first kappa shape index (κ1) is 17.9. The Morgan fingerprint density at radius 2 is 2.04 bits per heavy atom. The summed E-state index contributed by atoms with van der Waals surface area (Å²) in [5.74, 6) is -0.484. The van der Waals surface area contributed by atoms with E-state index >= 15 is 0 Å². The number of halogens is 1. The summed E-state index contributed by atoms with van der Waals surface area (Å²) in [6.07, 6.45) is 2.56. The molecule has 4 rings (SSSR count). The van der Waals surface area contributed by atoms with Crippen LogP contribution in [0.15, 0.2) is 30.5 Å². The zero-order valence-corrected chi connectivity index (χ0v) is 16.6. The van der Waals surface area contributed by atoms with Crippen LogP contribution in [-0.4, -0.2) is 40.1 Å². The van der Waals surface area contributed by atoms with E-state index < -0.39 is 0 Å². The molecule has 0 N–H and O–H groups in total. The van der Waals surface area contributed by atoms with Crippen LogP contribution in [0.25, 0.3) is 4.96 Å². The number of carbonyl (C=O) groups excluding carboxylic acids is 1. The molecule has 0 radical (unpaired) electrons. The molecule has 142 valence electrons. The molecule has 1 saturated heterocycles. The summed E-state index contributed by atoms with van der Waals surface area (Å²) < 4.78 is 15.8. The number of nitrogens with zero attached hydrogens (tertiary/aromatic N) is 5. The van der Waals surface area contributed by atoms with Gasteiger partial charge in [0.25, 0.3) is 0 Å². The molecule has 0 aliphatic carbocycles. The number of hydrogen-bond acceptors (Lipinski definition) is 5. The molecule has 0 saturated carbocycles. The van der Waals surface area contributed by atoms with Crippen molar-refractivity contribution >= 4 is 33.0 Å². The standard InChI is InChI=1S/C19H22FN5OS/c1-19(2,3)15-11-25-17(21-15)27-18(22-25)23(4)14-9-10-24(16(14)26)13-8-6-5-7-12(13)20/h5-8,11,14H,9-10H2,1-4H3. The maximum Gasteiger partial charge on any atom is 0.249 e. The number of fused-ring (bicyclic) bond motifs is 1. The number of anilines is 2. The number of likely N-dealkylation sites (N-methyl/N-ethyl adjacent to an activating group) is 1. The second kappa shape index (κ2) is 6.30. The molecule has 1 aliphatic heterocycles. The van der Waals surface area contributed by atoms with Gasteiger partial charge in [-0.05, 0) is 18.6 Å². The third-order valence-electron chi connectivity index (χ3n) is 4.89. The fourth-order valence-electron chi connectivity index (χ4n) is 3.26. The fourth-order valence-corrected chi connectivity index (χ4v) is 4.16. The quantitative estimate of drug-likeness (QED) is 0.691. The van der Waals surface area contributed by atoms with Crippen molar-refractivity contribution in [3.05, 3.63) is 42.0 Å². The first-order valence-corrected chi connectivity index (χ1v) is 9.73. The van der Waals surface area contributed by atoms with Crippen molar-refractivity contribution in [2.24, 2.45) is 0 Å². The van der Waals surface area contributed by atoms with Crippen molar-refractivity contribution in [3.63, 3.8) is 0 Å². The molecule has 1 aromatic carbocycles. The minimum atomic E-state index is -0.378. The van der Waals surface area contributed by atoms with Crippen LogP contribution in [0.4, 0.5) is 15.2 Å². The zero-order chi connectivity index (χ0) is 19.3. The first-order valence-electron chi connectivity index (χ1n) is 8.91. The number of carbonyl (C=O) groups is 1. The monoisotopic (exact) mass is 387 g/mol. The van der Waals surface area contributed by atoms with Crippen LogP contribution in [0.2, 0.25) is 0 Å². The highest BCUT2D eigenvalue weighted by Crippen LogP contribution is 2.31. The van der Waals surface area contributed by atoms with E-state index in [9.17, 15) is 9.18 Å². The van der Waals surface area contributed by atoms with E-state index in [1.54, 1.807) is 22.7 Å². The lowest BCUT2D eigenvalue weighted by atomic mass is 9.93. The second-order valence-electron chi connectivity index (χ2n) is 7.84. The number of hydrogen-bond donors (Lipinski definition) is 0. The van der Waals surface area contributed by atoms with E-state index in [1.165, 1.54) is 22.3 Å². The second-order valence-corrected chi connectivity index (χ2v) is 8.78. The first-order chi connectivity index (χ1) is 12.8. The number of para-hydroxylation sites is 1. The van der Waals surface area contributed by atoms with Gasteiger partial charge in [0.15, 0.2) is 0 Å². The molecule has 1 atom stereocenters. The average Bonchev–Trinajstić information content (AvgIpc) is 3.27. The fraction of sp³-hybridized carbons (Fsp3) is 0.421. The molecule has 8 heteroatoms. The molecule has 1 unspecified atom stereocenters. The lowest BCUT2D eigenvalue weighted by molar-refractivity contribution is -0.118. The predicted molar refractivity (Wildman–Crippen MR) is 105 cm³/mol. The van der Waals surface area contributed by atoms with Gasteiger partial charge in [0.1, 0.15) is 11.9 Å². The van der Waals surface area contributed by atoms with Crippen molar-refractivity contribution in [1.29, 1.82) is 0 Å². The van der Waals surface area contributed by atoms with Gasteiger partial charge in [-0.1, -0.05) is 44.2 Å². The van der Waals surface area contributed by atoms with Crippen molar-refractivity contribution < 1.29 is 9.18 Å². The third-order valence-corrected chi connectivity index (χ3v) is 5.90. The highest BCUT2D eigenvalue weighted by atomic mass is 32.1. The van der Waals surface area contributed by atoms with Crippen LogP contribution in [-0.2, 0) is 10.2 Å². The van der Waals surface area contributed by atoms with Crippen molar-refractivity contribution in [1.82, 2.24) is 14.6 Å². The normalized spacial score (nSPS) is 17.9. The maximum absolute atomic E-state index is 14.1. The molecular weight excluding hydrogens is 365 g/mol. The molecule has 6 nitrogen and oxygen atoms in total. The summed E-state index contributed by atoms with van der Waals surface area (Å²) in [5.41, 5.74) is 1.28. The predicted octanol–water partition coefficient (Wildman–Crippen LogP) is 3.47. The van der Waals surface area contributed by atoms with Crippen molar-refractivity contribution in [2.75, 3.05) is 23.4 Å². The van der Waals surface area contributed by atoms with E-state index in [0.29, 0.717) is 18.7 Å². The highest BCUT2D eigenvalue weighted by molar-refractivity contribution is 7.20. The number of rotatable bonds is 3. The van der Waals surface area contributed by atoms with Gasteiger partial charge in [-0.2, -0.15) is 0 Å². The Labute approximate surface area is 161 Å². The van der Waals surface area contributed by atoms with Crippen LogP contribution >= 0.6 is 11.3 Å². The maximum atomic E-state index is 14.1. The summed E-state index contributed by atoms with van der Waals surface area (Å²) in [7, 11) is 1.86. The molecular formula is C19H22FN5OS. The molecule has 27 heavy (non-hydrogen) atoms. The number of amides is 1. The van der Waals surface area contributed by atoms with Crippen molar-refractivity contribution in [2.45, 2.75) is 38.6 Å². The Morgan fingerprint density at radius 1 is 1.30 bits per heavy atom. The van der Waals surface area contributed by atoms with Gasteiger partial charge in [0.2, 0.25) is 16.0 Å². The summed E-state index contributed by atoms with van der Waals surface area (Å²) >= 11 is 1.45. The Hall–Kier alpha value is -2.48. The van der Waals surface area contributed by atoms with E-state index in [4.69, 9.17) is 0 Å². The molecule has 0 spiro atoms. The summed E-state index contributed by atoms with van der Waals surface area (Å²) in [4.78, 5) is 21.7. The largest absolute Gasteiger partial charge is 0.338 e. The van der Waals surface area contributed by atoms with Gasteiger partial charge in [-0.15, -0.1) is 5.10 Å². The van der Waals surface area contributed by atoms with Crippen LogP contribution in [0, 0.1) is 5.82 Å². The molecule has 3 heterocycles. The minimum absolute atomic E-state index is 0.0405. The Bertz CT molecular complexity index is 974. The summed E-state index contributed by atoms with van der Waals surface area (Å²) in [5, 5.41) is 5.32. The Morgan fingerprint density at radius 3 is 2.70 bits per heavy atom. The van der Waals surface area contributed by atoms with E-state index in [2.05, 4.69) is 30.9 Å².